The molecule has 1 aromatic heterocycles. The maximum Gasteiger partial charge on any atom is 0.317 e. The van der Waals surface area contributed by atoms with Gasteiger partial charge in [0.15, 0.2) is 0 Å². The van der Waals surface area contributed by atoms with E-state index in [0.29, 0.717) is 19.6 Å². The highest BCUT2D eigenvalue weighted by Crippen LogP contribution is 2.25. The summed E-state index contributed by atoms with van der Waals surface area (Å²) in [6, 6.07) is 10.7. The third kappa shape index (κ3) is 5.20. The SMILES string of the molecule is CCN(CC(=O)O)C1CCN(C(=O)NCCc2cc3ccccc3s2)CC1. The predicted molar refractivity (Wildman–Crippen MR) is 108 cm³/mol. The van der Waals surface area contributed by atoms with E-state index < -0.39 is 5.97 Å². The van der Waals surface area contributed by atoms with Crippen LogP contribution in [0.3, 0.4) is 0 Å². The number of rotatable bonds is 7. The number of aliphatic carboxylic acids is 1. The molecule has 0 aliphatic carbocycles. The summed E-state index contributed by atoms with van der Waals surface area (Å²) in [4.78, 5) is 28.5. The third-order valence-corrected chi connectivity index (χ3v) is 6.31. The lowest BCUT2D eigenvalue weighted by Gasteiger charge is -2.37. The summed E-state index contributed by atoms with van der Waals surface area (Å²) in [6.07, 6.45) is 2.49. The molecule has 1 saturated heterocycles. The van der Waals surface area contributed by atoms with Crippen molar-refractivity contribution in [3.8, 4) is 0 Å². The molecule has 7 heteroatoms. The number of nitrogens with zero attached hydrogens (tertiary/aromatic N) is 2. The minimum atomic E-state index is -0.793. The van der Waals surface area contributed by atoms with E-state index in [1.54, 1.807) is 11.3 Å². The summed E-state index contributed by atoms with van der Waals surface area (Å²) >= 11 is 1.78. The van der Waals surface area contributed by atoms with E-state index in [1.165, 1.54) is 15.0 Å². The molecule has 0 spiro atoms. The summed E-state index contributed by atoms with van der Waals surface area (Å²) in [5.41, 5.74) is 0. The molecule has 1 aromatic carbocycles. The third-order valence-electron chi connectivity index (χ3n) is 5.14. The number of benzene rings is 1. The maximum atomic E-state index is 12.4. The number of carboxylic acids is 1. The number of fused-ring (bicyclic) bond motifs is 1. The number of carboxylic acid groups (broad SMARTS) is 1. The molecular weight excluding hydrogens is 362 g/mol. The molecule has 0 saturated carbocycles. The fourth-order valence-corrected chi connectivity index (χ4v) is 4.74. The molecule has 146 valence electrons. The van der Waals surface area contributed by atoms with Crippen molar-refractivity contribution < 1.29 is 14.7 Å². The second-order valence-corrected chi connectivity index (χ2v) is 8.08. The van der Waals surface area contributed by atoms with Crippen molar-refractivity contribution in [3.63, 3.8) is 0 Å². The second-order valence-electron chi connectivity index (χ2n) is 6.91. The molecular formula is C20H27N3O3S. The lowest BCUT2D eigenvalue weighted by Crippen LogP contribution is -2.50. The van der Waals surface area contributed by atoms with Gasteiger partial charge >= 0.3 is 12.0 Å². The fourth-order valence-electron chi connectivity index (χ4n) is 3.67. The topological polar surface area (TPSA) is 72.9 Å². The molecule has 3 rings (SSSR count). The van der Waals surface area contributed by atoms with Gasteiger partial charge in [-0.05, 0) is 43.3 Å². The Morgan fingerprint density at radius 2 is 2.04 bits per heavy atom. The number of urea groups is 1. The van der Waals surface area contributed by atoms with Crippen LogP contribution in [-0.2, 0) is 11.2 Å². The Kier molecular flexibility index (Phi) is 6.68. The van der Waals surface area contributed by atoms with Gasteiger partial charge in [-0.3, -0.25) is 9.69 Å². The highest BCUT2D eigenvalue weighted by Gasteiger charge is 2.27. The summed E-state index contributed by atoms with van der Waals surface area (Å²) in [5.74, 6) is -0.793. The molecule has 2 aromatic rings. The molecule has 1 aliphatic rings. The zero-order valence-electron chi connectivity index (χ0n) is 15.7. The molecule has 2 N–H and O–H groups in total. The van der Waals surface area contributed by atoms with Gasteiger partial charge in [-0.15, -0.1) is 11.3 Å². The molecule has 0 atom stereocenters. The average molecular weight is 390 g/mol. The van der Waals surface area contributed by atoms with Gasteiger partial charge in [0.2, 0.25) is 0 Å². The molecule has 2 amide bonds. The van der Waals surface area contributed by atoms with Gasteiger partial charge in [-0.25, -0.2) is 4.79 Å². The molecule has 1 fully saturated rings. The molecule has 0 radical (unpaired) electrons. The lowest BCUT2D eigenvalue weighted by molar-refractivity contribution is -0.139. The van der Waals surface area contributed by atoms with E-state index in [2.05, 4.69) is 23.5 Å². The normalized spacial score (nSPS) is 15.4. The lowest BCUT2D eigenvalue weighted by atomic mass is 10.0. The smallest absolute Gasteiger partial charge is 0.317 e. The summed E-state index contributed by atoms with van der Waals surface area (Å²) in [5, 5.41) is 13.3. The Morgan fingerprint density at radius 1 is 1.30 bits per heavy atom. The number of carbonyl (C=O) groups excluding carboxylic acids is 1. The van der Waals surface area contributed by atoms with Crippen LogP contribution in [0.2, 0.25) is 0 Å². The Morgan fingerprint density at radius 3 is 2.70 bits per heavy atom. The second kappa shape index (κ2) is 9.19. The molecule has 2 heterocycles. The maximum absolute atomic E-state index is 12.4. The van der Waals surface area contributed by atoms with E-state index in [1.807, 2.05) is 28.9 Å². The van der Waals surface area contributed by atoms with E-state index in [4.69, 9.17) is 5.11 Å². The van der Waals surface area contributed by atoms with Crippen LogP contribution in [0, 0.1) is 0 Å². The van der Waals surface area contributed by atoms with Crippen LogP contribution in [-0.4, -0.2) is 65.7 Å². The van der Waals surface area contributed by atoms with Crippen molar-refractivity contribution in [2.75, 3.05) is 32.7 Å². The Labute approximate surface area is 163 Å². The number of hydrogen-bond donors (Lipinski definition) is 2. The summed E-state index contributed by atoms with van der Waals surface area (Å²) in [7, 11) is 0. The van der Waals surface area contributed by atoms with Crippen LogP contribution in [0.15, 0.2) is 30.3 Å². The van der Waals surface area contributed by atoms with Crippen molar-refractivity contribution in [1.29, 1.82) is 0 Å². The number of piperidine rings is 1. The first-order valence-electron chi connectivity index (χ1n) is 9.53. The Bertz CT molecular complexity index is 751. The van der Waals surface area contributed by atoms with Gasteiger partial charge in [-0.2, -0.15) is 0 Å². The van der Waals surface area contributed by atoms with Crippen molar-refractivity contribution >= 4 is 33.4 Å². The minimum absolute atomic E-state index is 0.0177. The van der Waals surface area contributed by atoms with Crippen LogP contribution in [0.25, 0.3) is 10.1 Å². The first-order valence-corrected chi connectivity index (χ1v) is 10.3. The molecule has 6 nitrogen and oxygen atoms in total. The summed E-state index contributed by atoms with van der Waals surface area (Å²) in [6.45, 7) is 4.76. The van der Waals surface area contributed by atoms with Crippen LogP contribution in [0.5, 0.6) is 0 Å². The van der Waals surface area contributed by atoms with Crippen LogP contribution in [0.4, 0.5) is 4.79 Å². The zero-order valence-corrected chi connectivity index (χ0v) is 16.5. The zero-order chi connectivity index (χ0) is 19.2. The Balaban J connectivity index is 1.42. The quantitative estimate of drug-likeness (QED) is 0.763. The van der Waals surface area contributed by atoms with E-state index in [-0.39, 0.29) is 18.6 Å². The van der Waals surface area contributed by atoms with Crippen LogP contribution < -0.4 is 5.32 Å². The Hall–Kier alpha value is -2.12. The molecule has 0 unspecified atom stereocenters. The fraction of sp³-hybridized carbons (Fsp3) is 0.500. The van der Waals surface area contributed by atoms with Crippen molar-refractivity contribution in [3.05, 3.63) is 35.2 Å². The first-order chi connectivity index (χ1) is 13.1. The van der Waals surface area contributed by atoms with Gasteiger partial charge in [0, 0.05) is 35.3 Å². The number of likely N-dealkylation sites (tertiary alicyclic amines) is 1. The number of thiophene rings is 1. The number of hydrogen-bond acceptors (Lipinski definition) is 4. The largest absolute Gasteiger partial charge is 0.480 e. The van der Waals surface area contributed by atoms with Crippen LogP contribution >= 0.6 is 11.3 Å². The number of carbonyl (C=O) groups is 2. The highest BCUT2D eigenvalue weighted by atomic mass is 32.1. The molecule has 27 heavy (non-hydrogen) atoms. The van der Waals surface area contributed by atoms with Gasteiger partial charge in [0.25, 0.3) is 0 Å². The van der Waals surface area contributed by atoms with Crippen LogP contribution in [0.1, 0.15) is 24.6 Å². The minimum Gasteiger partial charge on any atom is -0.480 e. The van der Waals surface area contributed by atoms with Gasteiger partial charge < -0.3 is 15.3 Å². The van der Waals surface area contributed by atoms with Crippen molar-refractivity contribution in [2.45, 2.75) is 32.2 Å². The molecule has 0 bridgehead atoms. The predicted octanol–water partition coefficient (Wildman–Crippen LogP) is 3.02. The number of likely N-dealkylation sites (N-methyl/N-ethyl adjacent to an activating group) is 1. The van der Waals surface area contributed by atoms with Crippen molar-refractivity contribution in [1.82, 2.24) is 15.1 Å². The average Bonchev–Trinajstić information content (AvgIpc) is 3.08. The van der Waals surface area contributed by atoms with Gasteiger partial charge in [-0.1, -0.05) is 25.1 Å². The van der Waals surface area contributed by atoms with E-state index in [0.717, 1.165) is 25.8 Å². The van der Waals surface area contributed by atoms with Crippen molar-refractivity contribution in [2.24, 2.45) is 0 Å². The first kappa shape index (κ1) is 19.6. The summed E-state index contributed by atoms with van der Waals surface area (Å²) < 4.78 is 1.28. The number of nitrogens with one attached hydrogen (secondary N) is 1. The molecule has 1 aliphatic heterocycles. The standard InChI is InChI=1S/C20H27N3O3S/c1-2-22(14-19(24)25)16-8-11-23(12-9-16)20(26)21-10-7-17-13-15-5-3-4-6-18(15)27-17/h3-6,13,16H,2,7-12,14H2,1H3,(H,21,26)(H,24,25). The van der Waals surface area contributed by atoms with Gasteiger partial charge in [0.1, 0.15) is 0 Å². The highest BCUT2D eigenvalue weighted by molar-refractivity contribution is 7.19. The number of amides is 2. The van der Waals surface area contributed by atoms with Gasteiger partial charge in [0.05, 0.1) is 6.54 Å². The monoisotopic (exact) mass is 389 g/mol. The van der Waals surface area contributed by atoms with E-state index >= 15 is 0 Å². The van der Waals surface area contributed by atoms with E-state index in [9.17, 15) is 9.59 Å².